The van der Waals surface area contributed by atoms with E-state index in [-0.39, 0.29) is 17.7 Å². The van der Waals surface area contributed by atoms with E-state index < -0.39 is 11.2 Å². The summed E-state index contributed by atoms with van der Waals surface area (Å²) in [4.78, 5) is 32.9. The normalized spacial score (nSPS) is 25.0. The van der Waals surface area contributed by atoms with E-state index in [1.807, 2.05) is 73.7 Å². The van der Waals surface area contributed by atoms with Crippen LogP contribution in [0.3, 0.4) is 0 Å². The maximum atomic E-state index is 13.4. The SMILES string of the molecule is Cc1ccc(N2C(=O)[C@H]3[C@H](SC(=Nc4ccccc4)C[C@H]3c3ccco3)C2=O)cc1. The number of hydrogen-bond donors (Lipinski definition) is 0. The average molecular weight is 417 g/mol. The number of carbonyl (C=O) groups excluding carboxylic acids is 2. The summed E-state index contributed by atoms with van der Waals surface area (Å²) in [5.41, 5.74) is 2.53. The van der Waals surface area contributed by atoms with Crippen LogP contribution in [0.4, 0.5) is 11.4 Å². The number of aryl methyl sites for hydroxylation is 1. The number of para-hydroxylation sites is 1. The molecule has 2 aliphatic rings. The van der Waals surface area contributed by atoms with Gasteiger partial charge < -0.3 is 4.42 Å². The van der Waals surface area contributed by atoms with Gasteiger partial charge in [-0.3, -0.25) is 9.59 Å². The van der Waals surface area contributed by atoms with Crippen molar-refractivity contribution in [1.29, 1.82) is 0 Å². The summed E-state index contributed by atoms with van der Waals surface area (Å²) >= 11 is 1.41. The Labute approximate surface area is 178 Å². The van der Waals surface area contributed by atoms with Crippen molar-refractivity contribution < 1.29 is 14.0 Å². The number of furan rings is 1. The van der Waals surface area contributed by atoms with Crippen LogP contribution >= 0.6 is 11.8 Å². The van der Waals surface area contributed by atoms with E-state index >= 15 is 0 Å². The van der Waals surface area contributed by atoms with E-state index in [9.17, 15) is 9.59 Å². The molecule has 3 heterocycles. The van der Waals surface area contributed by atoms with Crippen LogP contribution in [0.1, 0.15) is 23.7 Å². The molecule has 3 atom stereocenters. The lowest BCUT2D eigenvalue weighted by atomic mass is 9.85. The average Bonchev–Trinajstić information content (AvgIpc) is 3.37. The Kier molecular flexibility index (Phi) is 4.79. The van der Waals surface area contributed by atoms with Crippen molar-refractivity contribution in [3.63, 3.8) is 0 Å². The smallest absolute Gasteiger partial charge is 0.248 e. The molecule has 0 radical (unpaired) electrons. The largest absolute Gasteiger partial charge is 0.469 e. The summed E-state index contributed by atoms with van der Waals surface area (Å²) in [6.45, 7) is 1.98. The molecular weight excluding hydrogens is 396 g/mol. The minimum absolute atomic E-state index is 0.165. The van der Waals surface area contributed by atoms with E-state index in [1.165, 1.54) is 16.7 Å². The molecule has 1 aromatic heterocycles. The van der Waals surface area contributed by atoms with Gasteiger partial charge in [0.2, 0.25) is 11.8 Å². The quantitative estimate of drug-likeness (QED) is 0.558. The molecule has 0 unspecified atom stereocenters. The van der Waals surface area contributed by atoms with Gasteiger partial charge in [0.05, 0.1) is 28.6 Å². The molecule has 0 saturated carbocycles. The Morgan fingerprint density at radius 3 is 2.43 bits per heavy atom. The van der Waals surface area contributed by atoms with Crippen molar-refractivity contribution in [2.45, 2.75) is 24.5 Å². The topological polar surface area (TPSA) is 62.9 Å². The van der Waals surface area contributed by atoms with Crippen molar-refractivity contribution in [2.75, 3.05) is 4.90 Å². The van der Waals surface area contributed by atoms with Crippen LogP contribution in [0, 0.1) is 12.8 Å². The van der Waals surface area contributed by atoms with E-state index in [4.69, 9.17) is 9.41 Å². The molecule has 2 saturated heterocycles. The first-order valence-corrected chi connectivity index (χ1v) is 10.8. The van der Waals surface area contributed by atoms with Crippen molar-refractivity contribution in [3.05, 3.63) is 84.3 Å². The van der Waals surface area contributed by atoms with Crippen LogP contribution < -0.4 is 4.90 Å². The Morgan fingerprint density at radius 1 is 0.967 bits per heavy atom. The standard InChI is InChI=1S/C24H20N2O3S/c1-15-9-11-17(12-10-15)26-23(27)21-18(19-8-5-13-29-19)14-20(30-22(21)24(26)28)25-16-6-3-2-4-7-16/h2-13,18,21-22H,14H2,1H3/t18-,21+,22-/m0/s1. The molecule has 0 spiro atoms. The summed E-state index contributed by atoms with van der Waals surface area (Å²) in [6.07, 6.45) is 2.17. The first-order valence-electron chi connectivity index (χ1n) is 9.89. The second kappa shape index (κ2) is 7.61. The summed E-state index contributed by atoms with van der Waals surface area (Å²) in [7, 11) is 0. The fraction of sp³-hybridized carbons (Fsp3) is 0.208. The van der Waals surface area contributed by atoms with Crippen LogP contribution in [-0.2, 0) is 9.59 Å². The summed E-state index contributed by atoms with van der Waals surface area (Å²) in [5.74, 6) is -0.319. The zero-order valence-electron chi connectivity index (χ0n) is 16.4. The Morgan fingerprint density at radius 2 is 1.73 bits per heavy atom. The van der Waals surface area contributed by atoms with E-state index in [0.29, 0.717) is 12.1 Å². The molecule has 0 N–H and O–H groups in total. The van der Waals surface area contributed by atoms with Gasteiger partial charge in [0, 0.05) is 12.3 Å². The highest BCUT2D eigenvalue weighted by Gasteiger charge is 2.55. The van der Waals surface area contributed by atoms with Crippen LogP contribution in [0.25, 0.3) is 0 Å². The van der Waals surface area contributed by atoms with Gasteiger partial charge in [-0.2, -0.15) is 0 Å². The van der Waals surface area contributed by atoms with Gasteiger partial charge in [-0.05, 0) is 43.3 Å². The summed E-state index contributed by atoms with van der Waals surface area (Å²) in [6, 6.07) is 20.9. The molecule has 2 amide bonds. The minimum Gasteiger partial charge on any atom is -0.469 e. The van der Waals surface area contributed by atoms with Gasteiger partial charge in [-0.25, -0.2) is 9.89 Å². The highest BCUT2D eigenvalue weighted by atomic mass is 32.2. The molecule has 2 aliphatic heterocycles. The van der Waals surface area contributed by atoms with E-state index in [0.717, 1.165) is 22.1 Å². The van der Waals surface area contributed by atoms with Gasteiger partial charge in [-0.1, -0.05) is 47.7 Å². The molecule has 2 fully saturated rings. The van der Waals surface area contributed by atoms with Gasteiger partial charge in [0.25, 0.3) is 0 Å². The van der Waals surface area contributed by atoms with Crippen molar-refractivity contribution >= 4 is 40.0 Å². The lowest BCUT2D eigenvalue weighted by Crippen LogP contribution is -2.33. The molecule has 5 nitrogen and oxygen atoms in total. The maximum Gasteiger partial charge on any atom is 0.248 e. The van der Waals surface area contributed by atoms with Crippen molar-refractivity contribution in [2.24, 2.45) is 10.9 Å². The van der Waals surface area contributed by atoms with E-state index in [2.05, 4.69) is 0 Å². The van der Waals surface area contributed by atoms with Crippen LogP contribution in [-0.4, -0.2) is 22.1 Å². The van der Waals surface area contributed by atoms with Crippen molar-refractivity contribution in [1.82, 2.24) is 0 Å². The number of thioether (sulfide) groups is 1. The second-order valence-electron chi connectivity index (χ2n) is 7.58. The number of anilines is 1. The lowest BCUT2D eigenvalue weighted by molar-refractivity contribution is -0.122. The Hall–Kier alpha value is -3.12. The Balaban J connectivity index is 1.55. The monoisotopic (exact) mass is 416 g/mol. The zero-order valence-corrected chi connectivity index (χ0v) is 17.2. The molecule has 0 bridgehead atoms. The molecule has 30 heavy (non-hydrogen) atoms. The molecule has 2 aromatic carbocycles. The minimum atomic E-state index is -0.509. The first-order chi connectivity index (χ1) is 14.6. The second-order valence-corrected chi connectivity index (χ2v) is 8.79. The number of benzene rings is 2. The molecule has 150 valence electrons. The molecule has 6 heteroatoms. The number of hydrogen-bond acceptors (Lipinski definition) is 5. The third-order valence-corrected chi connectivity index (χ3v) is 6.88. The van der Waals surface area contributed by atoms with Gasteiger partial charge in [0.15, 0.2) is 0 Å². The maximum absolute atomic E-state index is 13.4. The van der Waals surface area contributed by atoms with Crippen LogP contribution in [0.2, 0.25) is 0 Å². The van der Waals surface area contributed by atoms with Gasteiger partial charge in [0.1, 0.15) is 11.0 Å². The molecule has 3 aromatic rings. The summed E-state index contributed by atoms with van der Waals surface area (Å²) < 4.78 is 5.67. The summed E-state index contributed by atoms with van der Waals surface area (Å²) in [5, 5.41) is 0.334. The highest BCUT2D eigenvalue weighted by Crippen LogP contribution is 2.49. The van der Waals surface area contributed by atoms with Crippen molar-refractivity contribution in [3.8, 4) is 0 Å². The molecule has 5 rings (SSSR count). The van der Waals surface area contributed by atoms with E-state index in [1.54, 1.807) is 6.26 Å². The fourth-order valence-electron chi connectivity index (χ4n) is 4.13. The number of rotatable bonds is 3. The highest BCUT2D eigenvalue weighted by molar-refractivity contribution is 8.15. The third-order valence-electron chi connectivity index (χ3n) is 5.60. The predicted octanol–water partition coefficient (Wildman–Crippen LogP) is 5.10. The number of fused-ring (bicyclic) bond motifs is 1. The predicted molar refractivity (Wildman–Crippen MR) is 118 cm³/mol. The number of nitrogens with zero attached hydrogens (tertiary/aromatic N) is 2. The third kappa shape index (κ3) is 3.27. The number of aliphatic imine (C=N–C) groups is 1. The number of carbonyl (C=O) groups is 2. The molecule has 0 aliphatic carbocycles. The van der Waals surface area contributed by atoms with Gasteiger partial charge >= 0.3 is 0 Å². The van der Waals surface area contributed by atoms with Gasteiger partial charge in [-0.15, -0.1) is 0 Å². The number of imide groups is 1. The fourth-order valence-corrected chi connectivity index (χ4v) is 5.52. The Bertz CT molecular complexity index is 1110. The first kappa shape index (κ1) is 18.9. The van der Waals surface area contributed by atoms with Crippen LogP contribution in [0.15, 0.2) is 82.4 Å². The lowest BCUT2D eigenvalue weighted by Gasteiger charge is -2.29. The van der Waals surface area contributed by atoms with Crippen LogP contribution in [0.5, 0.6) is 0 Å². The molecular formula is C24H20N2O3S. The number of amides is 2. The zero-order chi connectivity index (χ0) is 20.7.